The zero-order valence-corrected chi connectivity index (χ0v) is 10.8. The van der Waals surface area contributed by atoms with Crippen LogP contribution in [0, 0.1) is 0 Å². The van der Waals surface area contributed by atoms with Crippen molar-refractivity contribution in [1.82, 2.24) is 25.6 Å². The first-order valence-corrected chi connectivity index (χ1v) is 6.43. The fraction of sp³-hybridized carbons (Fsp3) is 0.727. The number of piperidine rings is 1. The van der Waals surface area contributed by atoms with Crippen LogP contribution in [-0.4, -0.2) is 46.7 Å². The number of halogens is 3. The molecule has 0 atom stereocenters. The first-order chi connectivity index (χ1) is 9.46. The third kappa shape index (κ3) is 4.19. The molecule has 1 aliphatic rings. The number of carbonyl (C=O) groups excluding carboxylic acids is 1. The van der Waals surface area contributed by atoms with Crippen molar-refractivity contribution in [3.63, 3.8) is 0 Å². The molecule has 2 rings (SSSR count). The molecule has 20 heavy (non-hydrogen) atoms. The molecule has 1 fully saturated rings. The van der Waals surface area contributed by atoms with Crippen LogP contribution in [0.5, 0.6) is 0 Å². The molecule has 0 radical (unpaired) electrons. The zero-order valence-electron chi connectivity index (χ0n) is 10.8. The highest BCUT2D eigenvalue weighted by Gasteiger charge is 2.27. The van der Waals surface area contributed by atoms with Gasteiger partial charge < -0.3 is 10.6 Å². The van der Waals surface area contributed by atoms with Crippen LogP contribution in [0.25, 0.3) is 0 Å². The summed E-state index contributed by atoms with van der Waals surface area (Å²) < 4.78 is 37.5. The zero-order chi connectivity index (χ0) is 14.6. The second-order valence-electron chi connectivity index (χ2n) is 4.69. The topological polar surface area (TPSA) is 71.8 Å². The van der Waals surface area contributed by atoms with Crippen LogP contribution in [0.2, 0.25) is 0 Å². The summed E-state index contributed by atoms with van der Waals surface area (Å²) >= 11 is 0. The third-order valence-electron chi connectivity index (χ3n) is 3.12. The minimum Gasteiger partial charge on any atom is -0.350 e. The Morgan fingerprint density at radius 2 is 2.15 bits per heavy atom. The lowest BCUT2D eigenvalue weighted by Gasteiger charge is -2.22. The van der Waals surface area contributed by atoms with Gasteiger partial charge in [-0.15, -0.1) is 5.10 Å². The van der Waals surface area contributed by atoms with E-state index in [4.69, 9.17) is 0 Å². The quantitative estimate of drug-likeness (QED) is 0.864. The lowest BCUT2D eigenvalue weighted by molar-refractivity contribution is -0.132. The number of aromatic nitrogens is 3. The van der Waals surface area contributed by atoms with Gasteiger partial charge in [0.1, 0.15) is 0 Å². The van der Waals surface area contributed by atoms with Crippen LogP contribution in [0.3, 0.4) is 0 Å². The highest BCUT2D eigenvalue weighted by Crippen LogP contribution is 2.18. The average Bonchev–Trinajstić information content (AvgIpc) is 2.88. The first kappa shape index (κ1) is 14.8. The molecular formula is C11H16F3N5O. The number of rotatable bonds is 4. The predicted molar refractivity (Wildman–Crippen MR) is 64.2 cm³/mol. The Labute approximate surface area is 113 Å². The number of nitrogens with zero attached hydrogens (tertiary/aromatic N) is 3. The summed E-state index contributed by atoms with van der Waals surface area (Å²) in [4.78, 5) is 11.6. The summed E-state index contributed by atoms with van der Waals surface area (Å²) in [5, 5.41) is 13.0. The van der Waals surface area contributed by atoms with Crippen molar-refractivity contribution >= 4 is 5.91 Å². The molecule has 0 bridgehead atoms. The number of alkyl halides is 3. The summed E-state index contributed by atoms with van der Waals surface area (Å²) in [7, 11) is 0. The van der Waals surface area contributed by atoms with Gasteiger partial charge in [-0.25, -0.2) is 4.68 Å². The predicted octanol–water partition coefficient (Wildman–Crippen LogP) is 0.885. The van der Waals surface area contributed by atoms with E-state index in [1.165, 1.54) is 6.20 Å². The fourth-order valence-corrected chi connectivity index (χ4v) is 2.04. The average molecular weight is 291 g/mol. The molecule has 1 aromatic rings. The fourth-order valence-electron chi connectivity index (χ4n) is 2.04. The van der Waals surface area contributed by atoms with Crippen molar-refractivity contribution in [2.24, 2.45) is 0 Å². The smallest absolute Gasteiger partial charge is 0.350 e. The molecule has 1 aromatic heterocycles. The number of nitrogens with one attached hydrogen (secondary N) is 2. The molecule has 1 amide bonds. The highest BCUT2D eigenvalue weighted by atomic mass is 19.4. The maximum Gasteiger partial charge on any atom is 0.390 e. The monoisotopic (exact) mass is 291 g/mol. The van der Waals surface area contributed by atoms with Crippen molar-refractivity contribution in [3.8, 4) is 0 Å². The molecule has 0 aromatic carbocycles. The molecule has 112 valence electrons. The molecule has 2 heterocycles. The van der Waals surface area contributed by atoms with Gasteiger partial charge >= 0.3 is 6.18 Å². The minimum atomic E-state index is -4.28. The van der Waals surface area contributed by atoms with E-state index in [-0.39, 0.29) is 11.7 Å². The minimum absolute atomic E-state index is 0.0470. The van der Waals surface area contributed by atoms with E-state index in [2.05, 4.69) is 20.9 Å². The van der Waals surface area contributed by atoms with Crippen molar-refractivity contribution in [2.45, 2.75) is 31.5 Å². The Bertz CT molecular complexity index is 453. The van der Waals surface area contributed by atoms with Gasteiger partial charge in [0.2, 0.25) is 0 Å². The van der Waals surface area contributed by atoms with Crippen molar-refractivity contribution < 1.29 is 18.0 Å². The molecule has 2 N–H and O–H groups in total. The van der Waals surface area contributed by atoms with Gasteiger partial charge in [-0.2, -0.15) is 13.2 Å². The lowest BCUT2D eigenvalue weighted by atomic mass is 10.1. The standard InChI is InChI=1S/C11H16F3N5O/c12-11(13,14)3-6-16-10(20)9-7-19(18-17-9)8-1-4-15-5-2-8/h7-8,15H,1-6H2,(H,16,20). The number of hydrogen-bond donors (Lipinski definition) is 2. The molecule has 0 unspecified atom stereocenters. The largest absolute Gasteiger partial charge is 0.390 e. The first-order valence-electron chi connectivity index (χ1n) is 6.43. The molecule has 0 saturated carbocycles. The third-order valence-corrected chi connectivity index (χ3v) is 3.12. The van der Waals surface area contributed by atoms with Crippen molar-refractivity contribution in [3.05, 3.63) is 11.9 Å². The van der Waals surface area contributed by atoms with E-state index in [9.17, 15) is 18.0 Å². The van der Waals surface area contributed by atoms with Gasteiger partial charge in [0.15, 0.2) is 5.69 Å². The second kappa shape index (κ2) is 6.21. The second-order valence-corrected chi connectivity index (χ2v) is 4.69. The van der Waals surface area contributed by atoms with Crippen molar-refractivity contribution in [2.75, 3.05) is 19.6 Å². The van der Waals surface area contributed by atoms with Gasteiger partial charge in [-0.1, -0.05) is 5.21 Å². The Morgan fingerprint density at radius 3 is 2.80 bits per heavy atom. The lowest BCUT2D eigenvalue weighted by Crippen LogP contribution is -2.30. The van der Waals surface area contributed by atoms with E-state index in [1.807, 2.05) is 0 Å². The summed E-state index contributed by atoms with van der Waals surface area (Å²) in [5.41, 5.74) is 0.0470. The Balaban J connectivity index is 1.86. The molecular weight excluding hydrogens is 275 g/mol. The van der Waals surface area contributed by atoms with Crippen LogP contribution < -0.4 is 10.6 Å². The van der Waals surface area contributed by atoms with E-state index in [1.54, 1.807) is 4.68 Å². The summed E-state index contributed by atoms with van der Waals surface area (Å²) in [6.07, 6.45) is -2.07. The molecule has 6 nitrogen and oxygen atoms in total. The van der Waals surface area contributed by atoms with E-state index in [0.29, 0.717) is 0 Å². The van der Waals surface area contributed by atoms with Crippen LogP contribution in [0.1, 0.15) is 35.8 Å². The maximum atomic E-state index is 12.0. The van der Waals surface area contributed by atoms with Crippen LogP contribution >= 0.6 is 0 Å². The van der Waals surface area contributed by atoms with E-state index >= 15 is 0 Å². The maximum absolute atomic E-state index is 12.0. The van der Waals surface area contributed by atoms with Gasteiger partial charge in [0.25, 0.3) is 5.91 Å². The number of hydrogen-bond acceptors (Lipinski definition) is 4. The Morgan fingerprint density at radius 1 is 1.45 bits per heavy atom. The van der Waals surface area contributed by atoms with Gasteiger partial charge in [0.05, 0.1) is 18.7 Å². The number of carbonyl (C=O) groups is 1. The molecule has 0 spiro atoms. The molecule has 1 saturated heterocycles. The van der Waals surface area contributed by atoms with Gasteiger partial charge in [-0.3, -0.25) is 4.79 Å². The molecule has 1 aliphatic heterocycles. The SMILES string of the molecule is O=C(NCCC(F)(F)F)c1cn(C2CCNCC2)nn1. The molecule has 0 aliphatic carbocycles. The van der Waals surface area contributed by atoms with Crippen LogP contribution in [0.15, 0.2) is 6.20 Å². The highest BCUT2D eigenvalue weighted by molar-refractivity contribution is 5.91. The van der Waals surface area contributed by atoms with E-state index < -0.39 is 25.0 Å². The Hall–Kier alpha value is -1.64. The summed E-state index contributed by atoms with van der Waals surface area (Å²) in [5.74, 6) is -0.630. The summed E-state index contributed by atoms with van der Waals surface area (Å²) in [6.45, 7) is 1.29. The van der Waals surface area contributed by atoms with Crippen LogP contribution in [-0.2, 0) is 0 Å². The van der Waals surface area contributed by atoms with Crippen molar-refractivity contribution in [1.29, 1.82) is 0 Å². The van der Waals surface area contributed by atoms with E-state index in [0.717, 1.165) is 25.9 Å². The Kier molecular flexibility index (Phi) is 4.58. The van der Waals surface area contributed by atoms with Gasteiger partial charge in [-0.05, 0) is 25.9 Å². The molecule has 9 heteroatoms. The number of amides is 1. The normalized spacial score (nSPS) is 17.1. The van der Waals surface area contributed by atoms with Gasteiger partial charge in [0, 0.05) is 6.54 Å². The summed E-state index contributed by atoms with van der Waals surface area (Å²) in [6, 6.07) is 0.181. The van der Waals surface area contributed by atoms with Crippen LogP contribution in [0.4, 0.5) is 13.2 Å².